The van der Waals surface area contributed by atoms with E-state index in [1.807, 2.05) is 30.3 Å². The predicted octanol–water partition coefficient (Wildman–Crippen LogP) is 4.29. The number of benzene rings is 2. The topological polar surface area (TPSA) is 81.2 Å². The number of nitrogens with zero attached hydrogens (tertiary/aromatic N) is 2. The Hall–Kier alpha value is -1.81. The molecule has 3 rings (SSSR count). The van der Waals surface area contributed by atoms with Crippen LogP contribution in [0.2, 0.25) is 5.02 Å². The van der Waals surface area contributed by atoms with E-state index in [0.29, 0.717) is 10.1 Å². The number of anilines is 1. The molecule has 2 aromatic carbocycles. The standard InChI is InChI=1S/C16H14ClN3O3S3/c1-23-14-8-7-12(9-13(14)17)26(21,22)20-15-18-19-16(25-15)24-10-11-5-3-2-4-6-11/h2-9H,10H2,1H3,(H,18,20). The molecule has 0 bridgehead atoms. The van der Waals surface area contributed by atoms with Crippen LogP contribution in [-0.4, -0.2) is 25.7 Å². The minimum Gasteiger partial charge on any atom is -0.495 e. The Balaban J connectivity index is 1.68. The van der Waals surface area contributed by atoms with Crippen LogP contribution in [0.5, 0.6) is 5.75 Å². The maximum absolute atomic E-state index is 12.5. The van der Waals surface area contributed by atoms with Crippen molar-refractivity contribution in [2.24, 2.45) is 0 Å². The van der Waals surface area contributed by atoms with Gasteiger partial charge in [0.25, 0.3) is 10.0 Å². The monoisotopic (exact) mass is 427 g/mol. The van der Waals surface area contributed by atoms with Crippen molar-refractivity contribution in [3.8, 4) is 5.75 Å². The molecule has 0 aliphatic carbocycles. The molecule has 1 N–H and O–H groups in total. The zero-order chi connectivity index (χ0) is 18.6. The van der Waals surface area contributed by atoms with E-state index >= 15 is 0 Å². The Morgan fingerprint density at radius 1 is 1.19 bits per heavy atom. The first-order valence-corrected chi connectivity index (χ1v) is 11.0. The molecule has 0 unspecified atom stereocenters. The van der Waals surface area contributed by atoms with Crippen LogP contribution < -0.4 is 9.46 Å². The smallest absolute Gasteiger partial charge is 0.263 e. The highest BCUT2D eigenvalue weighted by Crippen LogP contribution is 2.31. The zero-order valence-electron chi connectivity index (χ0n) is 13.5. The summed E-state index contributed by atoms with van der Waals surface area (Å²) < 4.78 is 33.1. The highest BCUT2D eigenvalue weighted by molar-refractivity contribution is 8.00. The number of hydrogen-bond donors (Lipinski definition) is 1. The van der Waals surface area contributed by atoms with E-state index in [2.05, 4.69) is 14.9 Å². The number of thioether (sulfide) groups is 1. The van der Waals surface area contributed by atoms with Crippen molar-refractivity contribution in [1.29, 1.82) is 0 Å². The van der Waals surface area contributed by atoms with Crippen molar-refractivity contribution in [2.75, 3.05) is 11.8 Å². The van der Waals surface area contributed by atoms with Crippen molar-refractivity contribution >= 4 is 49.9 Å². The molecule has 0 saturated carbocycles. The molecule has 0 amide bonds. The molecule has 0 aliphatic rings. The Morgan fingerprint density at radius 2 is 1.96 bits per heavy atom. The molecule has 0 aliphatic heterocycles. The summed E-state index contributed by atoms with van der Waals surface area (Å²) in [5.41, 5.74) is 1.16. The normalized spacial score (nSPS) is 11.3. The number of aromatic nitrogens is 2. The lowest BCUT2D eigenvalue weighted by Gasteiger charge is -2.07. The van der Waals surface area contributed by atoms with E-state index < -0.39 is 10.0 Å². The SMILES string of the molecule is COc1ccc(S(=O)(=O)Nc2nnc(SCc3ccccc3)s2)cc1Cl. The summed E-state index contributed by atoms with van der Waals surface area (Å²) >= 11 is 8.67. The average molecular weight is 428 g/mol. The van der Waals surface area contributed by atoms with Gasteiger partial charge in [-0.2, -0.15) is 0 Å². The molecule has 6 nitrogen and oxygen atoms in total. The highest BCUT2D eigenvalue weighted by atomic mass is 35.5. The van der Waals surface area contributed by atoms with Crippen LogP contribution >= 0.6 is 34.7 Å². The highest BCUT2D eigenvalue weighted by Gasteiger charge is 2.18. The number of hydrogen-bond acceptors (Lipinski definition) is 7. The summed E-state index contributed by atoms with van der Waals surface area (Å²) in [6.45, 7) is 0. The van der Waals surface area contributed by atoms with Gasteiger partial charge < -0.3 is 4.74 Å². The lowest BCUT2D eigenvalue weighted by Crippen LogP contribution is -2.12. The zero-order valence-corrected chi connectivity index (χ0v) is 16.8. The molecule has 3 aromatic rings. The van der Waals surface area contributed by atoms with E-state index in [4.69, 9.17) is 16.3 Å². The quantitative estimate of drug-likeness (QED) is 0.566. The first-order valence-electron chi connectivity index (χ1n) is 7.34. The van der Waals surface area contributed by atoms with Crippen molar-refractivity contribution in [3.63, 3.8) is 0 Å². The largest absolute Gasteiger partial charge is 0.495 e. The summed E-state index contributed by atoms with van der Waals surface area (Å²) in [5, 5.41) is 8.32. The summed E-state index contributed by atoms with van der Waals surface area (Å²) in [5.74, 6) is 1.14. The number of rotatable bonds is 7. The lowest BCUT2D eigenvalue weighted by atomic mass is 10.2. The number of sulfonamides is 1. The van der Waals surface area contributed by atoms with Crippen LogP contribution in [0.25, 0.3) is 0 Å². The average Bonchev–Trinajstić information content (AvgIpc) is 3.07. The molecule has 0 atom stereocenters. The molecule has 1 aromatic heterocycles. The van der Waals surface area contributed by atoms with E-state index in [1.165, 1.54) is 48.4 Å². The second-order valence-corrected chi connectivity index (χ2v) is 9.34. The second kappa shape index (κ2) is 8.26. The molecule has 0 radical (unpaired) electrons. The molecular weight excluding hydrogens is 414 g/mol. The van der Waals surface area contributed by atoms with Crippen LogP contribution in [0.3, 0.4) is 0 Å². The molecule has 0 spiro atoms. The Kier molecular flexibility index (Phi) is 6.02. The van der Waals surface area contributed by atoms with Crippen LogP contribution in [0.15, 0.2) is 57.8 Å². The van der Waals surface area contributed by atoms with Gasteiger partial charge in [0, 0.05) is 5.75 Å². The second-order valence-electron chi connectivity index (χ2n) is 5.05. The van der Waals surface area contributed by atoms with Gasteiger partial charge in [-0.15, -0.1) is 10.2 Å². The van der Waals surface area contributed by atoms with Crippen LogP contribution in [0.1, 0.15) is 5.56 Å². The summed E-state index contributed by atoms with van der Waals surface area (Å²) in [4.78, 5) is 0.0250. The maximum atomic E-state index is 12.5. The van der Waals surface area contributed by atoms with Crippen molar-refractivity contribution in [2.45, 2.75) is 15.0 Å². The molecule has 26 heavy (non-hydrogen) atoms. The van der Waals surface area contributed by atoms with E-state index in [0.717, 1.165) is 11.3 Å². The van der Waals surface area contributed by atoms with Gasteiger partial charge >= 0.3 is 0 Å². The van der Waals surface area contributed by atoms with Crippen LogP contribution in [0.4, 0.5) is 5.13 Å². The number of halogens is 1. The molecule has 136 valence electrons. The Morgan fingerprint density at radius 3 is 2.65 bits per heavy atom. The fourth-order valence-electron chi connectivity index (χ4n) is 2.02. The first-order chi connectivity index (χ1) is 12.5. The van der Waals surface area contributed by atoms with Gasteiger partial charge in [-0.05, 0) is 23.8 Å². The molecule has 0 saturated heterocycles. The minimum absolute atomic E-state index is 0.0250. The van der Waals surface area contributed by atoms with E-state index in [1.54, 1.807) is 0 Å². The molecule has 1 heterocycles. The molecular formula is C16H14ClN3O3S3. The van der Waals surface area contributed by atoms with E-state index in [-0.39, 0.29) is 15.0 Å². The van der Waals surface area contributed by atoms with Crippen LogP contribution in [-0.2, 0) is 15.8 Å². The van der Waals surface area contributed by atoms with Crippen molar-refractivity contribution < 1.29 is 13.2 Å². The van der Waals surface area contributed by atoms with Gasteiger partial charge in [-0.3, -0.25) is 4.72 Å². The third-order valence-corrected chi connectivity index (χ3v) is 7.07. The van der Waals surface area contributed by atoms with Gasteiger partial charge in [0.1, 0.15) is 5.75 Å². The fraction of sp³-hybridized carbons (Fsp3) is 0.125. The van der Waals surface area contributed by atoms with Gasteiger partial charge in [-0.25, -0.2) is 8.42 Å². The summed E-state index contributed by atoms with van der Waals surface area (Å²) in [7, 11) is -2.34. The third kappa shape index (κ3) is 4.67. The summed E-state index contributed by atoms with van der Waals surface area (Å²) in [6.07, 6.45) is 0. The lowest BCUT2D eigenvalue weighted by molar-refractivity contribution is 0.414. The Bertz CT molecular complexity index is 994. The van der Waals surface area contributed by atoms with Crippen LogP contribution in [0, 0.1) is 0 Å². The van der Waals surface area contributed by atoms with Crippen molar-refractivity contribution in [1.82, 2.24) is 10.2 Å². The number of nitrogens with one attached hydrogen (secondary N) is 1. The predicted molar refractivity (Wildman–Crippen MR) is 105 cm³/mol. The van der Waals surface area contributed by atoms with Gasteiger partial charge in [0.15, 0.2) is 4.34 Å². The number of methoxy groups -OCH3 is 1. The van der Waals surface area contributed by atoms with Gasteiger partial charge in [0.2, 0.25) is 5.13 Å². The first kappa shape index (κ1) is 19.0. The van der Waals surface area contributed by atoms with E-state index in [9.17, 15) is 8.42 Å². The summed E-state index contributed by atoms with van der Waals surface area (Å²) in [6, 6.07) is 14.2. The van der Waals surface area contributed by atoms with Gasteiger partial charge in [-0.1, -0.05) is 65.0 Å². The third-order valence-electron chi connectivity index (χ3n) is 3.27. The van der Waals surface area contributed by atoms with Gasteiger partial charge in [0.05, 0.1) is 17.0 Å². The number of ether oxygens (including phenoxy) is 1. The fourth-order valence-corrected chi connectivity index (χ4v) is 5.30. The maximum Gasteiger partial charge on any atom is 0.263 e. The molecule has 10 heteroatoms. The minimum atomic E-state index is -3.81. The van der Waals surface area contributed by atoms with Crippen molar-refractivity contribution in [3.05, 3.63) is 59.1 Å². The molecule has 0 fully saturated rings. The Labute approximate surface area is 164 Å².